The second kappa shape index (κ2) is 18.7. The van der Waals surface area contributed by atoms with Gasteiger partial charge in [0.25, 0.3) is 0 Å². The highest BCUT2D eigenvalue weighted by molar-refractivity contribution is 5.86. The zero-order valence-corrected chi connectivity index (χ0v) is 29.0. The van der Waals surface area contributed by atoms with Crippen molar-refractivity contribution in [1.29, 1.82) is 0 Å². The van der Waals surface area contributed by atoms with Crippen molar-refractivity contribution in [2.45, 2.75) is 58.7 Å². The number of carbonyl (C=O) groups excluding carboxylic acids is 4. The van der Waals surface area contributed by atoms with Gasteiger partial charge in [-0.3, -0.25) is 24.0 Å². The van der Waals surface area contributed by atoms with Crippen LogP contribution in [0, 0.1) is 17.0 Å². The maximum Gasteiger partial charge on any atom is 0.303 e. The van der Waals surface area contributed by atoms with Gasteiger partial charge >= 0.3 is 5.97 Å². The molecule has 4 amide bonds. The van der Waals surface area contributed by atoms with Crippen molar-refractivity contribution in [3.05, 3.63) is 83.7 Å². The second-order valence-corrected chi connectivity index (χ2v) is 13.1. The number of hydrogen-bond acceptors (Lipinski definition) is 7. The topological polar surface area (TPSA) is 196 Å². The first-order chi connectivity index (χ1) is 24.1. The van der Waals surface area contributed by atoms with E-state index < -0.39 is 65.3 Å². The number of benzene rings is 2. The summed E-state index contributed by atoms with van der Waals surface area (Å²) >= 11 is 0. The highest BCUT2D eigenvalue weighted by Crippen LogP contribution is 2.41. The maximum atomic E-state index is 15.0. The predicted octanol–water partition coefficient (Wildman–Crippen LogP) is 2.32. The molecule has 0 radical (unpaired) electrons. The lowest BCUT2D eigenvalue weighted by Gasteiger charge is -2.41. The fourth-order valence-corrected chi connectivity index (χ4v) is 5.58. The molecule has 0 aliphatic heterocycles. The molecular formula is C36H46F2N6O7. The van der Waals surface area contributed by atoms with Crippen molar-refractivity contribution in [1.82, 2.24) is 25.4 Å². The number of nitrogens with zero attached hydrogens (tertiary/aromatic N) is 2. The molecule has 15 heteroatoms. The van der Waals surface area contributed by atoms with Crippen molar-refractivity contribution in [2.24, 2.45) is 11.1 Å². The van der Waals surface area contributed by atoms with Crippen LogP contribution in [0.1, 0.15) is 57.3 Å². The van der Waals surface area contributed by atoms with Gasteiger partial charge in [-0.15, -0.1) is 0 Å². The molecule has 0 bridgehead atoms. The molecule has 1 unspecified atom stereocenters. The summed E-state index contributed by atoms with van der Waals surface area (Å²) in [6.45, 7) is 4.88. The number of halogens is 2. The van der Waals surface area contributed by atoms with Crippen molar-refractivity contribution < 1.29 is 43.0 Å². The molecule has 0 saturated carbocycles. The number of carboxylic acids is 1. The van der Waals surface area contributed by atoms with Crippen molar-refractivity contribution in [2.75, 3.05) is 32.8 Å². The standard InChI is InChI=1S/C36H46F2N6O7/c1-36(2,3)34(29-17-24(26-18-25(37)9-10-27(26)38)21-43(29)20-23-7-5-4-6-8-23)44(32(48)22-45)16-13-28(39)35(51)41-15-14-40-31(47)19-42-30(46)11-12-33(49)50/h4-10,17-18,21,28,34,45H,11-16,19-20,22,39H2,1-3H3,(H,40,47)(H,41,51)(H,42,46)(H,49,50)/t28?,34-/m0/s1. The molecule has 1 heterocycles. The number of aliphatic carboxylic acids is 1. The monoisotopic (exact) mass is 712 g/mol. The molecule has 0 saturated heterocycles. The number of rotatable bonds is 18. The van der Waals surface area contributed by atoms with Gasteiger partial charge < -0.3 is 41.4 Å². The number of aliphatic hydroxyl groups is 1. The molecule has 0 aliphatic carbocycles. The van der Waals surface area contributed by atoms with Gasteiger partial charge in [0, 0.05) is 55.6 Å². The smallest absolute Gasteiger partial charge is 0.303 e. The third-order valence-electron chi connectivity index (χ3n) is 8.01. The summed E-state index contributed by atoms with van der Waals surface area (Å²) in [6, 6.07) is 12.6. The molecule has 51 heavy (non-hydrogen) atoms. The molecule has 0 aliphatic rings. The molecule has 7 N–H and O–H groups in total. The fourth-order valence-electron chi connectivity index (χ4n) is 5.58. The van der Waals surface area contributed by atoms with Gasteiger partial charge in [-0.25, -0.2) is 8.78 Å². The molecule has 2 atom stereocenters. The number of amides is 4. The number of nitrogens with two attached hydrogens (primary N) is 1. The Morgan fingerprint density at radius 3 is 2.25 bits per heavy atom. The second-order valence-electron chi connectivity index (χ2n) is 13.1. The van der Waals surface area contributed by atoms with Gasteiger partial charge in [-0.05, 0) is 41.7 Å². The van der Waals surface area contributed by atoms with Crippen LogP contribution in [-0.4, -0.2) is 88.1 Å². The largest absolute Gasteiger partial charge is 0.481 e. The van der Waals surface area contributed by atoms with E-state index in [-0.39, 0.29) is 51.0 Å². The number of carbonyl (C=O) groups is 5. The third kappa shape index (κ3) is 12.3. The van der Waals surface area contributed by atoms with E-state index in [0.29, 0.717) is 17.8 Å². The lowest BCUT2D eigenvalue weighted by molar-refractivity contribution is -0.140. The van der Waals surface area contributed by atoms with Crippen LogP contribution in [0.15, 0.2) is 60.8 Å². The maximum absolute atomic E-state index is 15.0. The van der Waals surface area contributed by atoms with E-state index in [1.165, 1.54) is 4.90 Å². The minimum Gasteiger partial charge on any atom is -0.481 e. The first kappa shape index (κ1) is 40.3. The molecule has 3 rings (SSSR count). The van der Waals surface area contributed by atoms with Crippen molar-refractivity contribution in [3.63, 3.8) is 0 Å². The Bertz CT molecular complexity index is 1680. The average molecular weight is 713 g/mol. The van der Waals surface area contributed by atoms with Crippen molar-refractivity contribution in [3.8, 4) is 11.1 Å². The van der Waals surface area contributed by atoms with E-state index in [2.05, 4.69) is 16.0 Å². The van der Waals surface area contributed by atoms with Gasteiger partial charge in [0.2, 0.25) is 23.6 Å². The molecule has 0 spiro atoms. The molecular weight excluding hydrogens is 666 g/mol. The Hall–Kier alpha value is -5.15. The van der Waals surface area contributed by atoms with E-state index in [1.54, 1.807) is 12.3 Å². The number of aliphatic hydroxyl groups excluding tert-OH is 1. The van der Waals surface area contributed by atoms with E-state index in [0.717, 1.165) is 23.8 Å². The van der Waals surface area contributed by atoms with Crippen LogP contribution in [0.3, 0.4) is 0 Å². The Labute approximate surface area is 295 Å². The van der Waals surface area contributed by atoms with E-state index in [9.17, 15) is 37.9 Å². The van der Waals surface area contributed by atoms with Crippen LogP contribution in [-0.2, 0) is 30.5 Å². The van der Waals surface area contributed by atoms with Gasteiger partial charge in [-0.1, -0.05) is 51.1 Å². The first-order valence-electron chi connectivity index (χ1n) is 16.5. The third-order valence-corrected chi connectivity index (χ3v) is 8.01. The van der Waals surface area contributed by atoms with Crippen LogP contribution in [0.5, 0.6) is 0 Å². The first-order valence-corrected chi connectivity index (χ1v) is 16.5. The fraction of sp³-hybridized carbons (Fsp3) is 0.417. The summed E-state index contributed by atoms with van der Waals surface area (Å²) in [6.07, 6.45) is 1.09. The Morgan fingerprint density at radius 1 is 0.922 bits per heavy atom. The zero-order chi connectivity index (χ0) is 37.7. The van der Waals surface area contributed by atoms with Gasteiger partial charge in [0.15, 0.2) is 0 Å². The number of hydrogen-bond donors (Lipinski definition) is 6. The predicted molar refractivity (Wildman–Crippen MR) is 185 cm³/mol. The van der Waals surface area contributed by atoms with E-state index >= 15 is 0 Å². The summed E-state index contributed by atoms with van der Waals surface area (Å²) in [7, 11) is 0. The van der Waals surface area contributed by atoms with Crippen LogP contribution < -0.4 is 21.7 Å². The number of aromatic nitrogens is 1. The number of carboxylic acid groups (broad SMARTS) is 1. The molecule has 3 aromatic rings. The highest BCUT2D eigenvalue weighted by Gasteiger charge is 2.37. The summed E-state index contributed by atoms with van der Waals surface area (Å²) in [4.78, 5) is 61.7. The minimum atomic E-state index is -1.13. The highest BCUT2D eigenvalue weighted by atomic mass is 19.1. The Kier molecular flexibility index (Phi) is 14.8. The van der Waals surface area contributed by atoms with Crippen LogP contribution in [0.25, 0.3) is 11.1 Å². The SMILES string of the molecule is CC(C)(C)[C@H](c1cc(-c2cc(F)ccc2F)cn1Cc1ccccc1)N(CCC(N)C(=O)NCCNC(=O)CNC(=O)CCC(=O)O)C(=O)CO. The summed E-state index contributed by atoms with van der Waals surface area (Å²) in [5.41, 5.74) is 7.50. The molecule has 2 aromatic carbocycles. The van der Waals surface area contributed by atoms with E-state index in [4.69, 9.17) is 10.8 Å². The lowest BCUT2D eigenvalue weighted by atomic mass is 9.82. The van der Waals surface area contributed by atoms with E-state index in [1.807, 2.05) is 55.7 Å². The summed E-state index contributed by atoms with van der Waals surface area (Å²) in [5, 5.41) is 26.1. The molecule has 13 nitrogen and oxygen atoms in total. The summed E-state index contributed by atoms with van der Waals surface area (Å²) in [5.74, 6) is -4.65. The Balaban J connectivity index is 1.75. The van der Waals surface area contributed by atoms with Crippen LogP contribution in [0.2, 0.25) is 0 Å². The zero-order valence-electron chi connectivity index (χ0n) is 29.0. The average Bonchev–Trinajstić information content (AvgIpc) is 3.48. The van der Waals surface area contributed by atoms with Crippen LogP contribution in [0.4, 0.5) is 8.78 Å². The Morgan fingerprint density at radius 2 is 1.61 bits per heavy atom. The minimum absolute atomic E-state index is 0.00363. The molecule has 0 fully saturated rings. The lowest BCUT2D eigenvalue weighted by Crippen LogP contribution is -2.48. The van der Waals surface area contributed by atoms with Crippen LogP contribution >= 0.6 is 0 Å². The molecule has 1 aromatic heterocycles. The molecule has 276 valence electrons. The van der Waals surface area contributed by atoms with Gasteiger partial charge in [0.1, 0.15) is 18.2 Å². The quantitative estimate of drug-likeness (QED) is 0.108. The summed E-state index contributed by atoms with van der Waals surface area (Å²) < 4.78 is 31.1. The van der Waals surface area contributed by atoms with Crippen molar-refractivity contribution >= 4 is 29.6 Å². The van der Waals surface area contributed by atoms with Gasteiger partial charge in [0.05, 0.1) is 25.0 Å². The van der Waals surface area contributed by atoms with Gasteiger partial charge in [-0.2, -0.15) is 0 Å². The normalized spacial score (nSPS) is 12.5. The number of nitrogens with one attached hydrogen (secondary N) is 3.